The van der Waals surface area contributed by atoms with Crippen molar-refractivity contribution < 1.29 is 0 Å². The fraction of sp³-hybridized carbons (Fsp3) is 0.429. The van der Waals surface area contributed by atoms with Crippen LogP contribution < -0.4 is 10.6 Å². The van der Waals surface area contributed by atoms with Gasteiger partial charge < -0.3 is 10.6 Å². The van der Waals surface area contributed by atoms with Crippen LogP contribution in [-0.2, 0) is 7.05 Å². The maximum Gasteiger partial charge on any atom is 0.170 e. The molecule has 0 saturated carbocycles. The third kappa shape index (κ3) is 1.07. The average molecular weight is 165 g/mol. The molecule has 0 aliphatic rings. The summed E-state index contributed by atoms with van der Waals surface area (Å²) in [6.45, 7) is 0. The quantitative estimate of drug-likeness (QED) is 0.632. The lowest BCUT2D eigenvalue weighted by Crippen LogP contribution is -2.10. The van der Waals surface area contributed by atoms with E-state index in [1.54, 1.807) is 11.9 Å². The first-order chi connectivity index (χ1) is 5.57. The van der Waals surface area contributed by atoms with Crippen molar-refractivity contribution in [2.75, 3.05) is 24.7 Å². The maximum atomic E-state index is 8.75. The number of rotatable bonds is 1. The molecule has 0 atom stereocenters. The fourth-order valence-corrected chi connectivity index (χ4v) is 0.943. The average Bonchev–Trinajstić information content (AvgIpc) is 2.29. The van der Waals surface area contributed by atoms with Crippen LogP contribution in [-0.4, -0.2) is 23.9 Å². The molecule has 0 aromatic carbocycles. The summed E-state index contributed by atoms with van der Waals surface area (Å²) in [6, 6.07) is 2.02. The van der Waals surface area contributed by atoms with Gasteiger partial charge in [0, 0.05) is 21.1 Å². The van der Waals surface area contributed by atoms with E-state index in [1.807, 2.05) is 20.2 Å². The van der Waals surface area contributed by atoms with E-state index in [9.17, 15) is 0 Å². The van der Waals surface area contributed by atoms with Crippen LogP contribution in [0.4, 0.5) is 11.6 Å². The Morgan fingerprint density at radius 1 is 1.58 bits per heavy atom. The van der Waals surface area contributed by atoms with Crippen LogP contribution in [0.3, 0.4) is 0 Å². The van der Waals surface area contributed by atoms with E-state index in [4.69, 9.17) is 11.0 Å². The first-order valence-electron chi connectivity index (χ1n) is 3.47. The predicted octanol–water partition coefficient (Wildman–Crippen LogP) is -0.0600. The monoisotopic (exact) mass is 165 g/mol. The van der Waals surface area contributed by atoms with Crippen molar-refractivity contribution in [1.29, 1.82) is 5.26 Å². The second kappa shape index (κ2) is 2.74. The largest absolute Gasteiger partial charge is 0.383 e. The topological polar surface area (TPSA) is 70.9 Å². The molecule has 0 spiro atoms. The highest BCUT2D eigenvalue weighted by molar-refractivity contribution is 5.64. The Hall–Kier alpha value is -1.70. The van der Waals surface area contributed by atoms with Gasteiger partial charge in [-0.15, -0.1) is 0 Å². The van der Waals surface area contributed by atoms with Gasteiger partial charge in [0.1, 0.15) is 17.5 Å². The van der Waals surface area contributed by atoms with E-state index in [1.165, 1.54) is 4.68 Å². The highest BCUT2D eigenvalue weighted by atomic mass is 15.4. The van der Waals surface area contributed by atoms with Crippen molar-refractivity contribution in [2.45, 2.75) is 0 Å². The number of hydrogen-bond donors (Lipinski definition) is 1. The summed E-state index contributed by atoms with van der Waals surface area (Å²) in [4.78, 5) is 1.76. The summed E-state index contributed by atoms with van der Waals surface area (Å²) >= 11 is 0. The Morgan fingerprint density at radius 2 is 2.17 bits per heavy atom. The number of aryl methyl sites for hydroxylation is 1. The molecule has 0 aliphatic carbocycles. The summed E-state index contributed by atoms with van der Waals surface area (Å²) in [7, 11) is 5.36. The molecule has 1 aromatic heterocycles. The highest BCUT2D eigenvalue weighted by Crippen LogP contribution is 2.20. The Kier molecular flexibility index (Phi) is 1.92. The molecule has 0 radical (unpaired) electrons. The zero-order valence-electron chi connectivity index (χ0n) is 7.37. The summed E-state index contributed by atoms with van der Waals surface area (Å²) in [5, 5.41) is 12.8. The number of nitrogens with two attached hydrogens (primary N) is 1. The smallest absolute Gasteiger partial charge is 0.170 e. The van der Waals surface area contributed by atoms with Crippen LogP contribution in [0.5, 0.6) is 0 Å². The van der Waals surface area contributed by atoms with Gasteiger partial charge in [-0.25, -0.2) is 4.68 Å². The lowest BCUT2D eigenvalue weighted by Gasteiger charge is -2.06. The Balaban J connectivity index is 3.32. The van der Waals surface area contributed by atoms with Gasteiger partial charge in [-0.05, 0) is 0 Å². The van der Waals surface area contributed by atoms with Gasteiger partial charge in [-0.3, -0.25) is 0 Å². The second-order valence-corrected chi connectivity index (χ2v) is 2.71. The molecule has 0 amide bonds. The molecule has 12 heavy (non-hydrogen) atoms. The lowest BCUT2D eigenvalue weighted by atomic mass is 10.3. The van der Waals surface area contributed by atoms with Gasteiger partial charge in [0.05, 0.1) is 0 Å². The highest BCUT2D eigenvalue weighted by Gasteiger charge is 2.14. The van der Waals surface area contributed by atoms with Crippen LogP contribution in [0.2, 0.25) is 0 Å². The molecule has 5 heteroatoms. The minimum absolute atomic E-state index is 0.404. The number of anilines is 2. The lowest BCUT2D eigenvalue weighted by molar-refractivity contribution is 0.773. The van der Waals surface area contributed by atoms with E-state index in [-0.39, 0.29) is 0 Å². The third-order valence-corrected chi connectivity index (χ3v) is 1.61. The number of aromatic nitrogens is 2. The first kappa shape index (κ1) is 8.40. The zero-order valence-corrected chi connectivity index (χ0v) is 7.37. The number of nitrogens with zero attached hydrogens (tertiary/aromatic N) is 4. The molecule has 0 bridgehead atoms. The van der Waals surface area contributed by atoms with Crippen molar-refractivity contribution in [3.8, 4) is 6.07 Å². The molecule has 1 aromatic rings. The normalized spacial score (nSPS) is 9.50. The predicted molar refractivity (Wildman–Crippen MR) is 46.7 cm³/mol. The molecule has 64 valence electrons. The van der Waals surface area contributed by atoms with Crippen LogP contribution >= 0.6 is 0 Å². The van der Waals surface area contributed by atoms with Crippen LogP contribution in [0.15, 0.2) is 0 Å². The van der Waals surface area contributed by atoms with Crippen LogP contribution in [0.1, 0.15) is 5.56 Å². The van der Waals surface area contributed by atoms with Gasteiger partial charge in [0.25, 0.3) is 0 Å². The molecule has 5 nitrogen and oxygen atoms in total. The summed E-state index contributed by atoms with van der Waals surface area (Å²) < 4.78 is 1.49. The van der Waals surface area contributed by atoms with Gasteiger partial charge >= 0.3 is 0 Å². The van der Waals surface area contributed by atoms with Crippen molar-refractivity contribution in [2.24, 2.45) is 7.05 Å². The molecule has 1 heterocycles. The van der Waals surface area contributed by atoms with Gasteiger partial charge in [0.15, 0.2) is 5.82 Å². The minimum atomic E-state index is 0.404. The van der Waals surface area contributed by atoms with Gasteiger partial charge in [0.2, 0.25) is 0 Å². The Labute approximate surface area is 71.0 Å². The summed E-state index contributed by atoms with van der Waals surface area (Å²) in [5.41, 5.74) is 6.04. The second-order valence-electron chi connectivity index (χ2n) is 2.71. The molecule has 0 fully saturated rings. The van der Waals surface area contributed by atoms with Crippen molar-refractivity contribution >= 4 is 11.6 Å². The standard InChI is InChI=1S/C7H11N5/c1-11(2)7-5(4-8)6(9)12(3)10-7/h9H2,1-3H3. The van der Waals surface area contributed by atoms with Crippen LogP contribution in [0, 0.1) is 11.3 Å². The molecule has 1 rings (SSSR count). The third-order valence-electron chi connectivity index (χ3n) is 1.61. The molecule has 0 aliphatic heterocycles. The minimum Gasteiger partial charge on any atom is -0.383 e. The maximum absolute atomic E-state index is 8.75. The zero-order chi connectivity index (χ0) is 9.30. The van der Waals surface area contributed by atoms with E-state index < -0.39 is 0 Å². The number of nitriles is 1. The van der Waals surface area contributed by atoms with Crippen LogP contribution in [0.25, 0.3) is 0 Å². The summed E-state index contributed by atoms with van der Waals surface area (Å²) in [6.07, 6.45) is 0. The molecular formula is C7H11N5. The van der Waals surface area contributed by atoms with Gasteiger partial charge in [-0.1, -0.05) is 0 Å². The van der Waals surface area contributed by atoms with Crippen molar-refractivity contribution in [3.63, 3.8) is 0 Å². The molecule has 0 unspecified atom stereocenters. The molecular weight excluding hydrogens is 154 g/mol. The summed E-state index contributed by atoms with van der Waals surface area (Å²) in [5.74, 6) is 1.01. The number of nitrogen functional groups attached to an aromatic ring is 1. The van der Waals surface area contributed by atoms with E-state index >= 15 is 0 Å². The SMILES string of the molecule is CN(C)c1nn(C)c(N)c1C#N. The van der Waals surface area contributed by atoms with Gasteiger partial charge in [-0.2, -0.15) is 10.4 Å². The van der Waals surface area contributed by atoms with E-state index in [2.05, 4.69) is 5.10 Å². The number of hydrogen-bond acceptors (Lipinski definition) is 4. The van der Waals surface area contributed by atoms with Crippen molar-refractivity contribution in [3.05, 3.63) is 5.56 Å². The molecule has 0 saturated heterocycles. The van der Waals surface area contributed by atoms with E-state index in [0.29, 0.717) is 17.2 Å². The Bertz CT molecular complexity index is 330. The fourth-order valence-electron chi connectivity index (χ4n) is 0.943. The first-order valence-corrected chi connectivity index (χ1v) is 3.47. The Morgan fingerprint density at radius 3 is 2.50 bits per heavy atom. The molecule has 2 N–H and O–H groups in total. The van der Waals surface area contributed by atoms with E-state index in [0.717, 1.165) is 0 Å². The van der Waals surface area contributed by atoms with Crippen molar-refractivity contribution in [1.82, 2.24) is 9.78 Å².